The number of aryl methyl sites for hydroxylation is 2. The third kappa shape index (κ3) is 3.39. The average molecular weight is 270 g/mol. The van der Waals surface area contributed by atoms with Crippen molar-refractivity contribution in [2.24, 2.45) is 0 Å². The summed E-state index contributed by atoms with van der Waals surface area (Å²) < 4.78 is 0. The highest BCUT2D eigenvalue weighted by Gasteiger charge is 2.33. The lowest BCUT2D eigenvalue weighted by Gasteiger charge is -2.31. The second-order valence-electron chi connectivity index (χ2n) is 5.90. The zero-order valence-corrected chi connectivity index (χ0v) is 12.3. The second kappa shape index (κ2) is 6.09. The number of hydrogen-bond acceptors (Lipinski definition) is 2. The molecule has 1 amide bonds. The van der Waals surface area contributed by atoms with E-state index in [1.165, 1.54) is 11.1 Å². The Hall–Kier alpha value is -1.82. The minimum Gasteiger partial charge on any atom is -0.338 e. The van der Waals surface area contributed by atoms with Crippen molar-refractivity contribution in [1.82, 2.24) is 5.32 Å². The van der Waals surface area contributed by atoms with Crippen molar-refractivity contribution in [2.45, 2.75) is 57.9 Å². The molecule has 1 N–H and O–H groups in total. The lowest BCUT2D eigenvalue weighted by Crippen LogP contribution is -2.49. The lowest BCUT2D eigenvalue weighted by atomic mass is 9.82. The van der Waals surface area contributed by atoms with Crippen LogP contribution in [0, 0.1) is 25.2 Å². The van der Waals surface area contributed by atoms with Crippen LogP contribution >= 0.6 is 0 Å². The molecule has 1 aromatic rings. The summed E-state index contributed by atoms with van der Waals surface area (Å²) in [6, 6.07) is 8.40. The summed E-state index contributed by atoms with van der Waals surface area (Å²) >= 11 is 0. The Balaban J connectivity index is 2.01. The molecule has 0 bridgehead atoms. The van der Waals surface area contributed by atoms with Crippen molar-refractivity contribution in [3.8, 4) is 6.07 Å². The molecular weight excluding hydrogens is 248 g/mol. The Morgan fingerprint density at radius 2 is 1.95 bits per heavy atom. The minimum atomic E-state index is -0.630. The summed E-state index contributed by atoms with van der Waals surface area (Å²) in [7, 11) is 0. The van der Waals surface area contributed by atoms with Crippen LogP contribution < -0.4 is 5.32 Å². The number of nitrogens with one attached hydrogen (secondary N) is 1. The van der Waals surface area contributed by atoms with E-state index in [9.17, 15) is 10.1 Å². The van der Waals surface area contributed by atoms with Crippen LogP contribution in [0.25, 0.3) is 0 Å². The molecule has 1 aliphatic rings. The second-order valence-corrected chi connectivity index (χ2v) is 5.90. The van der Waals surface area contributed by atoms with Crippen molar-refractivity contribution in [3.63, 3.8) is 0 Å². The SMILES string of the molecule is Cc1ccc(CC(=O)NC2(C#N)CCCCC2)cc1C. The minimum absolute atomic E-state index is 0.0447. The summed E-state index contributed by atoms with van der Waals surface area (Å²) in [5.74, 6) is -0.0447. The van der Waals surface area contributed by atoms with Gasteiger partial charge in [0, 0.05) is 0 Å². The van der Waals surface area contributed by atoms with Gasteiger partial charge in [-0.25, -0.2) is 0 Å². The Kier molecular flexibility index (Phi) is 4.44. The zero-order valence-electron chi connectivity index (χ0n) is 12.3. The molecule has 3 heteroatoms. The summed E-state index contributed by atoms with van der Waals surface area (Å²) in [5.41, 5.74) is 2.81. The molecule has 1 aromatic carbocycles. The standard InChI is InChI=1S/C17H22N2O/c1-13-6-7-15(10-14(13)2)11-16(20)19-17(12-18)8-4-3-5-9-17/h6-7,10H,3-5,8-9,11H2,1-2H3,(H,19,20). The van der Waals surface area contributed by atoms with Gasteiger partial charge in [-0.05, 0) is 43.4 Å². The van der Waals surface area contributed by atoms with Crippen molar-refractivity contribution < 1.29 is 4.79 Å². The van der Waals surface area contributed by atoms with Gasteiger partial charge in [0.25, 0.3) is 0 Å². The number of hydrogen-bond donors (Lipinski definition) is 1. The first-order chi connectivity index (χ1) is 9.54. The third-order valence-electron chi connectivity index (χ3n) is 4.24. The molecule has 1 fully saturated rings. The third-order valence-corrected chi connectivity index (χ3v) is 4.24. The number of amides is 1. The average Bonchev–Trinajstić information content (AvgIpc) is 2.44. The molecule has 0 unspecified atom stereocenters. The first kappa shape index (κ1) is 14.6. The van der Waals surface area contributed by atoms with Crippen LogP contribution in [-0.2, 0) is 11.2 Å². The van der Waals surface area contributed by atoms with E-state index in [-0.39, 0.29) is 5.91 Å². The number of carbonyl (C=O) groups is 1. The molecule has 106 valence electrons. The fourth-order valence-electron chi connectivity index (χ4n) is 2.83. The highest BCUT2D eigenvalue weighted by molar-refractivity contribution is 5.80. The van der Waals surface area contributed by atoms with E-state index in [0.29, 0.717) is 6.42 Å². The van der Waals surface area contributed by atoms with Crippen molar-refractivity contribution in [2.75, 3.05) is 0 Å². The van der Waals surface area contributed by atoms with Crippen LogP contribution in [-0.4, -0.2) is 11.4 Å². The van der Waals surface area contributed by atoms with Gasteiger partial charge < -0.3 is 5.32 Å². The maximum atomic E-state index is 12.2. The number of rotatable bonds is 3. The Bertz CT molecular complexity index is 536. The van der Waals surface area contributed by atoms with Gasteiger partial charge in [-0.2, -0.15) is 5.26 Å². The van der Waals surface area contributed by atoms with Gasteiger partial charge in [0.2, 0.25) is 5.91 Å². The normalized spacial score (nSPS) is 17.2. The van der Waals surface area contributed by atoms with E-state index < -0.39 is 5.54 Å². The molecule has 2 rings (SSSR count). The summed E-state index contributed by atoms with van der Waals surface area (Å²) in [6.45, 7) is 4.11. The molecule has 1 aliphatic carbocycles. The van der Waals surface area contributed by atoms with Crippen LogP contribution in [0.3, 0.4) is 0 Å². The maximum absolute atomic E-state index is 12.2. The molecular formula is C17H22N2O. The summed E-state index contributed by atoms with van der Waals surface area (Å²) in [6.07, 6.45) is 5.13. The number of nitrogens with zero attached hydrogens (tertiary/aromatic N) is 1. The van der Waals surface area contributed by atoms with Gasteiger partial charge in [-0.15, -0.1) is 0 Å². The quantitative estimate of drug-likeness (QED) is 0.917. The molecule has 20 heavy (non-hydrogen) atoms. The number of benzene rings is 1. The van der Waals surface area contributed by atoms with Crippen molar-refractivity contribution in [1.29, 1.82) is 5.26 Å². The molecule has 3 nitrogen and oxygen atoms in total. The molecule has 0 heterocycles. The Morgan fingerprint density at radius 3 is 2.55 bits per heavy atom. The summed E-state index contributed by atoms with van der Waals surface area (Å²) in [4.78, 5) is 12.2. The molecule has 0 spiro atoms. The first-order valence-corrected chi connectivity index (χ1v) is 7.33. The molecule has 0 aromatic heterocycles. The van der Waals surface area contributed by atoms with Gasteiger partial charge in [0.1, 0.15) is 5.54 Å². The van der Waals surface area contributed by atoms with E-state index in [4.69, 9.17) is 0 Å². The number of carbonyl (C=O) groups excluding carboxylic acids is 1. The zero-order chi connectivity index (χ0) is 14.6. The van der Waals surface area contributed by atoms with E-state index in [1.54, 1.807) is 0 Å². The maximum Gasteiger partial charge on any atom is 0.225 e. The van der Waals surface area contributed by atoms with E-state index in [2.05, 4.69) is 31.3 Å². The number of nitriles is 1. The molecule has 1 saturated carbocycles. The van der Waals surface area contributed by atoms with E-state index in [0.717, 1.165) is 37.7 Å². The smallest absolute Gasteiger partial charge is 0.225 e. The van der Waals surface area contributed by atoms with Crippen LogP contribution in [0.2, 0.25) is 0 Å². The molecule has 0 atom stereocenters. The van der Waals surface area contributed by atoms with Crippen molar-refractivity contribution >= 4 is 5.91 Å². The molecule has 0 saturated heterocycles. The predicted octanol–water partition coefficient (Wildman–Crippen LogP) is 3.19. The fourth-order valence-corrected chi connectivity index (χ4v) is 2.83. The molecule has 0 radical (unpaired) electrons. The van der Waals surface area contributed by atoms with Crippen LogP contribution in [0.4, 0.5) is 0 Å². The fraction of sp³-hybridized carbons (Fsp3) is 0.529. The van der Waals surface area contributed by atoms with Gasteiger partial charge in [-0.1, -0.05) is 37.5 Å². The Morgan fingerprint density at radius 1 is 1.25 bits per heavy atom. The largest absolute Gasteiger partial charge is 0.338 e. The van der Waals surface area contributed by atoms with Gasteiger partial charge >= 0.3 is 0 Å². The van der Waals surface area contributed by atoms with Gasteiger partial charge in [0.05, 0.1) is 12.5 Å². The van der Waals surface area contributed by atoms with Gasteiger partial charge in [0.15, 0.2) is 0 Å². The lowest BCUT2D eigenvalue weighted by molar-refractivity contribution is -0.122. The van der Waals surface area contributed by atoms with E-state index >= 15 is 0 Å². The van der Waals surface area contributed by atoms with E-state index in [1.807, 2.05) is 12.1 Å². The summed E-state index contributed by atoms with van der Waals surface area (Å²) in [5, 5.41) is 12.3. The van der Waals surface area contributed by atoms with Crippen LogP contribution in [0.5, 0.6) is 0 Å². The van der Waals surface area contributed by atoms with Crippen LogP contribution in [0.1, 0.15) is 48.8 Å². The highest BCUT2D eigenvalue weighted by Crippen LogP contribution is 2.27. The van der Waals surface area contributed by atoms with Crippen LogP contribution in [0.15, 0.2) is 18.2 Å². The monoisotopic (exact) mass is 270 g/mol. The predicted molar refractivity (Wildman–Crippen MR) is 79.2 cm³/mol. The topological polar surface area (TPSA) is 52.9 Å². The molecule has 0 aliphatic heterocycles. The highest BCUT2D eigenvalue weighted by atomic mass is 16.1. The Labute approximate surface area is 121 Å². The van der Waals surface area contributed by atoms with Crippen molar-refractivity contribution in [3.05, 3.63) is 34.9 Å². The first-order valence-electron chi connectivity index (χ1n) is 7.33. The van der Waals surface area contributed by atoms with Gasteiger partial charge in [-0.3, -0.25) is 4.79 Å².